The van der Waals surface area contributed by atoms with Gasteiger partial charge in [0.2, 0.25) is 0 Å². The predicted molar refractivity (Wildman–Crippen MR) is 129 cm³/mol. The number of rotatable bonds is 14. The van der Waals surface area contributed by atoms with Gasteiger partial charge in [-0.15, -0.1) is 0 Å². The van der Waals surface area contributed by atoms with Crippen molar-refractivity contribution >= 4 is 12.0 Å². The average molecular weight is 461 g/mol. The normalized spacial score (nSPS) is 15.8. The van der Waals surface area contributed by atoms with Crippen molar-refractivity contribution < 1.29 is 23.8 Å². The smallest absolute Gasteiger partial charge is 0.338 e. The number of unbranched alkanes of at least 4 members (excludes halogenated alkanes) is 6. The summed E-state index contributed by atoms with van der Waals surface area (Å²) in [5.74, 6) is 0.802. The number of amides is 2. The van der Waals surface area contributed by atoms with Gasteiger partial charge in [0.1, 0.15) is 0 Å². The lowest BCUT2D eigenvalue weighted by Crippen LogP contribution is -2.45. The van der Waals surface area contributed by atoms with Gasteiger partial charge in [-0.1, -0.05) is 51.5 Å². The molecule has 0 bridgehead atoms. The van der Waals surface area contributed by atoms with Gasteiger partial charge in [0.15, 0.2) is 11.5 Å². The Kier molecular flexibility index (Phi) is 11.1. The lowest BCUT2D eigenvalue weighted by Gasteiger charge is -2.29. The predicted octanol–water partition coefficient (Wildman–Crippen LogP) is 5.79. The molecule has 0 aromatic heterocycles. The van der Waals surface area contributed by atoms with Crippen LogP contribution in [0.25, 0.3) is 0 Å². The molecule has 0 fully saturated rings. The van der Waals surface area contributed by atoms with Crippen LogP contribution in [0.3, 0.4) is 0 Å². The number of esters is 1. The Morgan fingerprint density at radius 1 is 1.00 bits per heavy atom. The van der Waals surface area contributed by atoms with Crippen molar-refractivity contribution in [2.75, 3.05) is 13.2 Å². The number of benzene rings is 1. The highest BCUT2D eigenvalue weighted by Crippen LogP contribution is 2.35. The maximum Gasteiger partial charge on any atom is 0.338 e. The molecule has 1 aromatic carbocycles. The molecule has 1 aliphatic heterocycles. The Morgan fingerprint density at radius 2 is 1.70 bits per heavy atom. The minimum atomic E-state index is -0.638. The van der Waals surface area contributed by atoms with E-state index in [1.807, 2.05) is 25.1 Å². The quantitative estimate of drug-likeness (QED) is 0.271. The number of carbonyl (C=O) groups is 2. The number of hydrogen-bond acceptors (Lipinski definition) is 5. The number of hydrogen-bond donors (Lipinski definition) is 2. The van der Waals surface area contributed by atoms with Crippen LogP contribution in [-0.2, 0) is 9.53 Å². The molecule has 2 N–H and O–H groups in total. The fraction of sp³-hybridized carbons (Fsp3) is 0.615. The summed E-state index contributed by atoms with van der Waals surface area (Å²) in [4.78, 5) is 24.9. The zero-order chi connectivity index (χ0) is 24.2. The second-order valence-corrected chi connectivity index (χ2v) is 8.63. The van der Waals surface area contributed by atoms with Gasteiger partial charge < -0.3 is 24.8 Å². The minimum absolute atomic E-state index is 0.266. The van der Waals surface area contributed by atoms with E-state index in [1.54, 1.807) is 20.8 Å². The van der Waals surface area contributed by atoms with Crippen LogP contribution in [0.1, 0.15) is 91.2 Å². The van der Waals surface area contributed by atoms with Gasteiger partial charge in [-0.2, -0.15) is 0 Å². The number of allylic oxidation sites excluding steroid dienone is 1. The monoisotopic (exact) mass is 460 g/mol. The Balaban J connectivity index is 2.11. The van der Waals surface area contributed by atoms with E-state index < -0.39 is 12.0 Å². The van der Waals surface area contributed by atoms with Crippen LogP contribution >= 0.6 is 0 Å². The molecule has 7 heteroatoms. The van der Waals surface area contributed by atoms with Crippen molar-refractivity contribution in [3.05, 3.63) is 35.0 Å². The summed E-state index contributed by atoms with van der Waals surface area (Å²) in [6.45, 7) is 10.5. The molecule has 1 unspecified atom stereocenters. The van der Waals surface area contributed by atoms with Gasteiger partial charge >= 0.3 is 12.0 Å². The van der Waals surface area contributed by atoms with Crippen molar-refractivity contribution in [3.63, 3.8) is 0 Å². The lowest BCUT2D eigenvalue weighted by atomic mass is 9.95. The highest BCUT2D eigenvalue weighted by atomic mass is 16.5. The minimum Gasteiger partial charge on any atom is -0.490 e. The van der Waals surface area contributed by atoms with Crippen molar-refractivity contribution in [1.82, 2.24) is 10.6 Å². The molecule has 0 saturated heterocycles. The first kappa shape index (κ1) is 26.6. The third-order valence-corrected chi connectivity index (χ3v) is 5.44. The van der Waals surface area contributed by atoms with Gasteiger partial charge in [-0.25, -0.2) is 9.59 Å². The number of urea groups is 1. The molecule has 33 heavy (non-hydrogen) atoms. The molecular weight excluding hydrogens is 420 g/mol. The van der Waals surface area contributed by atoms with E-state index in [-0.39, 0.29) is 12.1 Å². The van der Waals surface area contributed by atoms with Gasteiger partial charge in [0.05, 0.1) is 30.9 Å². The van der Waals surface area contributed by atoms with Crippen LogP contribution in [0, 0.1) is 0 Å². The third-order valence-electron chi connectivity index (χ3n) is 5.44. The summed E-state index contributed by atoms with van der Waals surface area (Å²) in [5, 5.41) is 5.49. The molecule has 1 heterocycles. The van der Waals surface area contributed by atoms with Crippen molar-refractivity contribution in [1.29, 1.82) is 0 Å². The number of carbonyl (C=O) groups excluding carboxylic acids is 2. The summed E-state index contributed by atoms with van der Waals surface area (Å²) in [6, 6.07) is 4.53. The molecule has 1 atom stereocenters. The zero-order valence-corrected chi connectivity index (χ0v) is 20.8. The van der Waals surface area contributed by atoms with E-state index in [1.165, 1.54) is 32.1 Å². The van der Waals surface area contributed by atoms with Crippen LogP contribution in [0.4, 0.5) is 4.79 Å². The van der Waals surface area contributed by atoms with E-state index in [2.05, 4.69) is 17.6 Å². The third kappa shape index (κ3) is 8.30. The zero-order valence-electron chi connectivity index (χ0n) is 20.8. The van der Waals surface area contributed by atoms with E-state index in [0.29, 0.717) is 36.0 Å². The molecule has 184 valence electrons. The van der Waals surface area contributed by atoms with Gasteiger partial charge in [0, 0.05) is 5.70 Å². The van der Waals surface area contributed by atoms with E-state index in [9.17, 15) is 9.59 Å². The first-order valence-corrected chi connectivity index (χ1v) is 12.3. The van der Waals surface area contributed by atoms with Crippen LogP contribution in [0.2, 0.25) is 0 Å². The van der Waals surface area contributed by atoms with Crippen molar-refractivity contribution in [2.24, 2.45) is 0 Å². The van der Waals surface area contributed by atoms with Gasteiger partial charge in [-0.05, 0) is 51.8 Å². The highest BCUT2D eigenvalue weighted by molar-refractivity contribution is 5.95. The Morgan fingerprint density at radius 3 is 2.36 bits per heavy atom. The number of nitrogens with one attached hydrogen (secondary N) is 2. The van der Waals surface area contributed by atoms with E-state index in [4.69, 9.17) is 14.2 Å². The first-order chi connectivity index (χ1) is 15.9. The Labute approximate surface area is 198 Å². The van der Waals surface area contributed by atoms with Crippen LogP contribution in [0.15, 0.2) is 29.5 Å². The summed E-state index contributed by atoms with van der Waals surface area (Å²) < 4.78 is 17.2. The molecule has 2 amide bonds. The summed E-state index contributed by atoms with van der Waals surface area (Å²) in [5.41, 5.74) is 1.58. The Hall–Kier alpha value is -2.70. The molecule has 0 spiro atoms. The molecule has 0 aliphatic carbocycles. The lowest BCUT2D eigenvalue weighted by molar-refractivity contribution is -0.143. The van der Waals surface area contributed by atoms with Crippen LogP contribution in [-0.4, -0.2) is 31.3 Å². The van der Waals surface area contributed by atoms with Crippen molar-refractivity contribution in [2.45, 2.75) is 91.7 Å². The van der Waals surface area contributed by atoms with Crippen LogP contribution < -0.4 is 20.1 Å². The molecule has 7 nitrogen and oxygen atoms in total. The fourth-order valence-electron chi connectivity index (χ4n) is 3.83. The van der Waals surface area contributed by atoms with E-state index >= 15 is 0 Å². The summed E-state index contributed by atoms with van der Waals surface area (Å²) in [6.07, 6.45) is 8.27. The molecular formula is C26H40N2O5. The average Bonchev–Trinajstić information content (AvgIpc) is 2.75. The van der Waals surface area contributed by atoms with E-state index in [0.717, 1.165) is 18.4 Å². The maximum absolute atomic E-state index is 12.7. The second-order valence-electron chi connectivity index (χ2n) is 8.63. The first-order valence-electron chi connectivity index (χ1n) is 12.3. The largest absolute Gasteiger partial charge is 0.490 e. The molecule has 1 aromatic rings. The van der Waals surface area contributed by atoms with Gasteiger partial charge in [0.25, 0.3) is 0 Å². The number of ether oxygens (including phenoxy) is 3. The molecule has 0 saturated carbocycles. The summed E-state index contributed by atoms with van der Waals surface area (Å²) in [7, 11) is 0. The molecule has 1 aliphatic rings. The maximum atomic E-state index is 12.7. The van der Waals surface area contributed by atoms with Crippen LogP contribution in [0.5, 0.6) is 11.5 Å². The van der Waals surface area contributed by atoms with Gasteiger partial charge in [-0.3, -0.25) is 0 Å². The topological polar surface area (TPSA) is 85.9 Å². The molecule has 2 rings (SSSR count). The second kappa shape index (κ2) is 13.8. The Bertz CT molecular complexity index is 819. The highest BCUT2D eigenvalue weighted by Gasteiger charge is 2.33. The fourth-order valence-corrected chi connectivity index (χ4v) is 3.83. The molecule has 0 radical (unpaired) electrons. The summed E-state index contributed by atoms with van der Waals surface area (Å²) >= 11 is 0. The van der Waals surface area contributed by atoms with Crippen molar-refractivity contribution in [3.8, 4) is 11.5 Å². The standard InChI is InChI=1S/C26H40N2O5/c1-6-8-9-10-11-12-13-16-32-21-15-14-20(17-22(21)31-7-2)24-23(25(29)33-18(3)4)19(5)27-26(30)28-24/h14-15,17-18,24H,6-13,16H2,1-5H3,(H2,27,28,30). The SMILES string of the molecule is CCCCCCCCCOc1ccc(C2NC(=O)NC(C)=C2C(=O)OC(C)C)cc1OCC.